The lowest BCUT2D eigenvalue weighted by atomic mass is 10.2. The molecule has 0 aliphatic carbocycles. The van der Waals surface area contributed by atoms with E-state index in [2.05, 4.69) is 33.2 Å². The molecule has 0 saturated heterocycles. The van der Waals surface area contributed by atoms with Crippen LogP contribution < -0.4 is 10.6 Å². The molecule has 0 aliphatic rings. The highest BCUT2D eigenvalue weighted by atomic mass is 127. The highest BCUT2D eigenvalue weighted by Crippen LogP contribution is 2.10. The van der Waals surface area contributed by atoms with Crippen LogP contribution in [0.2, 0.25) is 0 Å². The Kier molecular flexibility index (Phi) is 6.14. The first-order valence-electron chi connectivity index (χ1n) is 6.70. The summed E-state index contributed by atoms with van der Waals surface area (Å²) in [5.74, 6) is -0.565. The number of amides is 2. The van der Waals surface area contributed by atoms with Crippen LogP contribution in [0.4, 0.5) is 5.69 Å². The number of hydrogen-bond acceptors (Lipinski definition) is 2. The quantitative estimate of drug-likeness (QED) is 0.593. The van der Waals surface area contributed by atoms with Crippen molar-refractivity contribution in [3.63, 3.8) is 0 Å². The number of rotatable bonds is 5. The second-order valence-corrected chi connectivity index (χ2v) is 5.76. The molecule has 22 heavy (non-hydrogen) atoms. The van der Waals surface area contributed by atoms with Crippen LogP contribution in [-0.4, -0.2) is 18.4 Å². The third-order valence-corrected chi connectivity index (χ3v) is 3.50. The fourth-order valence-corrected chi connectivity index (χ4v) is 2.06. The van der Waals surface area contributed by atoms with Crippen LogP contribution in [0.15, 0.2) is 60.7 Å². The molecule has 2 rings (SSSR count). The standard InChI is InChI=1S/C17H15IN2O2/c18-14-7-9-15(10-8-14)20-17(22)12-19-16(21)11-6-13-4-2-1-3-5-13/h1-11H,12H2,(H,19,21)(H,20,22)/b11-6+. The van der Waals surface area contributed by atoms with Gasteiger partial charge in [0.25, 0.3) is 0 Å². The number of benzene rings is 2. The van der Waals surface area contributed by atoms with E-state index in [-0.39, 0.29) is 18.4 Å². The summed E-state index contributed by atoms with van der Waals surface area (Å²) in [7, 11) is 0. The largest absolute Gasteiger partial charge is 0.343 e. The first-order valence-corrected chi connectivity index (χ1v) is 7.78. The van der Waals surface area contributed by atoms with Crippen molar-refractivity contribution in [3.8, 4) is 0 Å². The van der Waals surface area contributed by atoms with E-state index in [4.69, 9.17) is 0 Å². The lowest BCUT2D eigenvalue weighted by Crippen LogP contribution is -2.31. The van der Waals surface area contributed by atoms with Crippen molar-refractivity contribution in [1.29, 1.82) is 0 Å². The molecule has 0 heterocycles. The van der Waals surface area contributed by atoms with Crippen molar-refractivity contribution in [2.75, 3.05) is 11.9 Å². The van der Waals surface area contributed by atoms with Gasteiger partial charge in [0.2, 0.25) is 11.8 Å². The number of carbonyl (C=O) groups is 2. The smallest absolute Gasteiger partial charge is 0.244 e. The van der Waals surface area contributed by atoms with Gasteiger partial charge in [0.1, 0.15) is 0 Å². The fourth-order valence-electron chi connectivity index (χ4n) is 1.70. The molecule has 2 N–H and O–H groups in total. The van der Waals surface area contributed by atoms with Crippen molar-refractivity contribution in [2.24, 2.45) is 0 Å². The van der Waals surface area contributed by atoms with E-state index in [0.29, 0.717) is 5.69 Å². The van der Waals surface area contributed by atoms with E-state index in [9.17, 15) is 9.59 Å². The zero-order valence-corrected chi connectivity index (χ0v) is 13.9. The predicted octanol–water partition coefficient (Wildman–Crippen LogP) is 3.06. The summed E-state index contributed by atoms with van der Waals surface area (Å²) < 4.78 is 1.09. The maximum absolute atomic E-state index is 11.7. The Hall–Kier alpha value is -2.15. The Bertz CT molecular complexity index is 667. The van der Waals surface area contributed by atoms with Crippen molar-refractivity contribution >= 4 is 46.2 Å². The number of nitrogens with one attached hydrogen (secondary N) is 2. The third kappa shape index (κ3) is 5.69. The zero-order chi connectivity index (χ0) is 15.8. The molecule has 0 spiro atoms. The molecule has 0 unspecified atom stereocenters. The van der Waals surface area contributed by atoms with Gasteiger partial charge in [-0.05, 0) is 58.5 Å². The van der Waals surface area contributed by atoms with Crippen LogP contribution in [-0.2, 0) is 9.59 Å². The molecule has 2 amide bonds. The SMILES string of the molecule is O=C(/C=C/c1ccccc1)NCC(=O)Nc1ccc(I)cc1. The van der Waals surface area contributed by atoms with E-state index < -0.39 is 0 Å². The summed E-state index contributed by atoms with van der Waals surface area (Å²) in [6, 6.07) is 16.9. The predicted molar refractivity (Wildman–Crippen MR) is 96.3 cm³/mol. The summed E-state index contributed by atoms with van der Waals surface area (Å²) in [6.07, 6.45) is 3.11. The Morgan fingerprint density at radius 2 is 1.68 bits per heavy atom. The molecule has 0 saturated carbocycles. The monoisotopic (exact) mass is 406 g/mol. The van der Waals surface area contributed by atoms with Gasteiger partial charge in [-0.1, -0.05) is 30.3 Å². The maximum atomic E-state index is 11.7. The minimum absolute atomic E-state index is 0.0655. The molecule has 2 aromatic carbocycles. The van der Waals surface area contributed by atoms with Crippen molar-refractivity contribution in [3.05, 3.63) is 69.8 Å². The summed E-state index contributed by atoms with van der Waals surface area (Å²) in [6.45, 7) is -0.0655. The Morgan fingerprint density at radius 3 is 2.36 bits per heavy atom. The minimum Gasteiger partial charge on any atom is -0.343 e. The molecule has 4 nitrogen and oxygen atoms in total. The molecule has 0 fully saturated rings. The molecule has 112 valence electrons. The van der Waals surface area contributed by atoms with E-state index in [0.717, 1.165) is 9.13 Å². The van der Waals surface area contributed by atoms with Crippen LogP contribution in [0, 0.1) is 3.57 Å². The van der Waals surface area contributed by atoms with E-state index in [1.165, 1.54) is 6.08 Å². The molecule has 0 aliphatic heterocycles. The Balaban J connectivity index is 1.77. The molecule has 5 heteroatoms. The first kappa shape index (κ1) is 16.2. The first-order chi connectivity index (χ1) is 10.6. The number of halogens is 1. The zero-order valence-electron chi connectivity index (χ0n) is 11.8. The average Bonchev–Trinajstić information content (AvgIpc) is 2.54. The van der Waals surface area contributed by atoms with E-state index >= 15 is 0 Å². The number of hydrogen-bond donors (Lipinski definition) is 2. The topological polar surface area (TPSA) is 58.2 Å². The van der Waals surface area contributed by atoms with Gasteiger partial charge in [0.05, 0.1) is 6.54 Å². The molecule has 0 atom stereocenters. The van der Waals surface area contributed by atoms with Gasteiger partial charge in [-0.25, -0.2) is 0 Å². The number of anilines is 1. The molecule has 2 aromatic rings. The van der Waals surface area contributed by atoms with Crippen LogP contribution in [0.1, 0.15) is 5.56 Å². The van der Waals surface area contributed by atoms with Crippen LogP contribution in [0.5, 0.6) is 0 Å². The minimum atomic E-state index is -0.304. The van der Waals surface area contributed by atoms with Crippen LogP contribution in [0.25, 0.3) is 6.08 Å². The second-order valence-electron chi connectivity index (χ2n) is 4.52. The highest BCUT2D eigenvalue weighted by Gasteiger charge is 2.03. The molecule has 0 bridgehead atoms. The maximum Gasteiger partial charge on any atom is 0.244 e. The highest BCUT2D eigenvalue weighted by molar-refractivity contribution is 14.1. The van der Waals surface area contributed by atoms with Gasteiger partial charge in [-0.3, -0.25) is 9.59 Å². The van der Waals surface area contributed by atoms with Crippen molar-refractivity contribution < 1.29 is 9.59 Å². The van der Waals surface area contributed by atoms with E-state index in [1.807, 2.05) is 54.6 Å². The van der Waals surface area contributed by atoms with Gasteiger partial charge >= 0.3 is 0 Å². The summed E-state index contributed by atoms with van der Waals surface area (Å²) in [5.41, 5.74) is 1.64. The molecule has 0 radical (unpaired) electrons. The Morgan fingerprint density at radius 1 is 1.00 bits per heavy atom. The van der Waals surface area contributed by atoms with Crippen molar-refractivity contribution in [1.82, 2.24) is 5.32 Å². The van der Waals surface area contributed by atoms with Gasteiger partial charge in [0, 0.05) is 15.3 Å². The second kappa shape index (κ2) is 8.33. The van der Waals surface area contributed by atoms with Crippen molar-refractivity contribution in [2.45, 2.75) is 0 Å². The third-order valence-electron chi connectivity index (χ3n) is 2.78. The normalized spacial score (nSPS) is 10.4. The van der Waals surface area contributed by atoms with E-state index in [1.54, 1.807) is 6.08 Å². The van der Waals surface area contributed by atoms with Gasteiger partial charge < -0.3 is 10.6 Å². The van der Waals surface area contributed by atoms with Crippen LogP contribution in [0.3, 0.4) is 0 Å². The van der Waals surface area contributed by atoms with Crippen LogP contribution >= 0.6 is 22.6 Å². The lowest BCUT2D eigenvalue weighted by molar-refractivity contribution is -0.121. The average molecular weight is 406 g/mol. The molecule has 0 aromatic heterocycles. The van der Waals surface area contributed by atoms with Gasteiger partial charge in [-0.2, -0.15) is 0 Å². The molecular weight excluding hydrogens is 391 g/mol. The summed E-state index contributed by atoms with van der Waals surface area (Å²) in [4.78, 5) is 23.4. The summed E-state index contributed by atoms with van der Waals surface area (Å²) >= 11 is 2.19. The Labute approximate surface area is 142 Å². The lowest BCUT2D eigenvalue weighted by Gasteiger charge is -2.05. The fraction of sp³-hybridized carbons (Fsp3) is 0.0588. The van der Waals surface area contributed by atoms with Gasteiger partial charge in [-0.15, -0.1) is 0 Å². The molecular formula is C17H15IN2O2. The summed E-state index contributed by atoms with van der Waals surface area (Å²) in [5, 5.41) is 5.26. The van der Waals surface area contributed by atoms with Gasteiger partial charge in [0.15, 0.2) is 0 Å². The number of carbonyl (C=O) groups excluding carboxylic acids is 2.